The maximum atomic E-state index is 12.2. The number of hydrogen-bond donors (Lipinski definition) is 0. The van der Waals surface area contributed by atoms with Crippen molar-refractivity contribution in [2.45, 2.75) is 25.7 Å². The number of carbonyl (C=O) groups is 1. The predicted octanol–water partition coefficient (Wildman–Crippen LogP) is 3.63. The largest absolute Gasteiger partial charge is 0.497 e. The third kappa shape index (κ3) is 5.88. The van der Waals surface area contributed by atoms with E-state index < -0.39 is 4.92 Å². The van der Waals surface area contributed by atoms with Gasteiger partial charge in [-0.2, -0.15) is 0 Å². The molecule has 0 heterocycles. The summed E-state index contributed by atoms with van der Waals surface area (Å²) >= 11 is 0. The first-order valence-electron chi connectivity index (χ1n) is 8.60. The number of non-ortho nitro benzene ring substituents is 1. The summed E-state index contributed by atoms with van der Waals surface area (Å²) in [4.78, 5) is 24.2. The van der Waals surface area contributed by atoms with Gasteiger partial charge in [0.15, 0.2) is 0 Å². The number of hydrogen-bond acceptors (Lipinski definition) is 4. The second kappa shape index (κ2) is 9.56. The summed E-state index contributed by atoms with van der Waals surface area (Å²) < 4.78 is 5.13. The number of nitro groups is 1. The molecule has 6 heteroatoms. The standard InChI is InChI=1S/C20H24N2O4/c1-21(15-14-17-8-12-19(26-2)13-9-17)20(23)5-3-4-16-6-10-18(11-7-16)22(24)25/h6-13H,3-5,14-15H2,1-2H3. The average molecular weight is 356 g/mol. The van der Waals surface area contributed by atoms with Gasteiger partial charge in [0, 0.05) is 32.1 Å². The van der Waals surface area contributed by atoms with Crippen molar-refractivity contribution >= 4 is 11.6 Å². The highest BCUT2D eigenvalue weighted by Gasteiger charge is 2.09. The van der Waals surface area contributed by atoms with E-state index in [-0.39, 0.29) is 11.6 Å². The number of rotatable bonds is 9. The Bertz CT molecular complexity index is 726. The molecule has 0 unspecified atom stereocenters. The highest BCUT2D eigenvalue weighted by Crippen LogP contribution is 2.14. The minimum atomic E-state index is -0.412. The Labute approximate surface area is 153 Å². The van der Waals surface area contributed by atoms with E-state index in [0.717, 1.165) is 36.1 Å². The summed E-state index contributed by atoms with van der Waals surface area (Å²) in [6.45, 7) is 0.669. The zero-order valence-electron chi connectivity index (χ0n) is 15.2. The molecule has 0 saturated carbocycles. The molecule has 0 radical (unpaired) electrons. The minimum absolute atomic E-state index is 0.0862. The van der Waals surface area contributed by atoms with Crippen LogP contribution in [0.5, 0.6) is 5.75 Å². The van der Waals surface area contributed by atoms with E-state index in [1.165, 1.54) is 12.1 Å². The zero-order valence-corrected chi connectivity index (χ0v) is 15.2. The Morgan fingerprint density at radius 2 is 1.62 bits per heavy atom. The van der Waals surface area contributed by atoms with E-state index in [9.17, 15) is 14.9 Å². The molecule has 1 amide bonds. The van der Waals surface area contributed by atoms with E-state index in [2.05, 4.69) is 0 Å². The van der Waals surface area contributed by atoms with Gasteiger partial charge in [0.25, 0.3) is 5.69 Å². The number of ether oxygens (including phenoxy) is 1. The van der Waals surface area contributed by atoms with Crippen LogP contribution in [0.4, 0.5) is 5.69 Å². The fraction of sp³-hybridized carbons (Fsp3) is 0.350. The predicted molar refractivity (Wildman–Crippen MR) is 100 cm³/mol. The molecule has 2 rings (SSSR count). The lowest BCUT2D eigenvalue weighted by Gasteiger charge is -2.17. The summed E-state index contributed by atoms with van der Waals surface area (Å²) in [5.74, 6) is 0.935. The fourth-order valence-corrected chi connectivity index (χ4v) is 2.63. The van der Waals surface area contributed by atoms with Crippen LogP contribution in [-0.2, 0) is 17.6 Å². The Hall–Kier alpha value is -2.89. The molecule has 0 aliphatic rings. The van der Waals surface area contributed by atoms with Crippen LogP contribution in [0.15, 0.2) is 48.5 Å². The van der Waals surface area contributed by atoms with Gasteiger partial charge in [0.05, 0.1) is 12.0 Å². The molecule has 0 bridgehead atoms. The van der Waals surface area contributed by atoms with Crippen LogP contribution in [-0.4, -0.2) is 36.4 Å². The van der Waals surface area contributed by atoms with Crippen molar-refractivity contribution < 1.29 is 14.5 Å². The molecule has 26 heavy (non-hydrogen) atoms. The van der Waals surface area contributed by atoms with Gasteiger partial charge in [-0.05, 0) is 42.5 Å². The number of likely N-dealkylation sites (N-methyl/N-ethyl adjacent to an activating group) is 1. The first-order chi connectivity index (χ1) is 12.5. The van der Waals surface area contributed by atoms with E-state index in [1.807, 2.05) is 31.3 Å². The highest BCUT2D eigenvalue weighted by atomic mass is 16.6. The summed E-state index contributed by atoms with van der Waals surface area (Å²) in [7, 11) is 3.45. The quantitative estimate of drug-likeness (QED) is 0.508. The van der Waals surface area contributed by atoms with Crippen LogP contribution in [0.25, 0.3) is 0 Å². The topological polar surface area (TPSA) is 72.7 Å². The molecule has 0 saturated heterocycles. The molecule has 0 N–H and O–H groups in total. The fourth-order valence-electron chi connectivity index (χ4n) is 2.63. The van der Waals surface area contributed by atoms with E-state index >= 15 is 0 Å². The average Bonchev–Trinajstić information content (AvgIpc) is 2.66. The Balaban J connectivity index is 1.71. The smallest absolute Gasteiger partial charge is 0.269 e. The van der Waals surface area contributed by atoms with Gasteiger partial charge in [-0.25, -0.2) is 0 Å². The lowest BCUT2D eigenvalue weighted by atomic mass is 10.1. The second-order valence-corrected chi connectivity index (χ2v) is 6.19. The second-order valence-electron chi connectivity index (χ2n) is 6.19. The number of carbonyl (C=O) groups excluding carboxylic acids is 1. The number of nitrogens with zero attached hydrogens (tertiary/aromatic N) is 2. The Morgan fingerprint density at radius 1 is 1.04 bits per heavy atom. The molecule has 0 aliphatic carbocycles. The maximum Gasteiger partial charge on any atom is 0.269 e. The molecule has 0 spiro atoms. The number of nitro benzene ring substituents is 1. The molecule has 0 aliphatic heterocycles. The SMILES string of the molecule is COc1ccc(CCN(C)C(=O)CCCc2ccc([N+](=O)[O-])cc2)cc1. The Kier molecular flexibility index (Phi) is 7.14. The third-order valence-corrected chi connectivity index (χ3v) is 4.32. The monoisotopic (exact) mass is 356 g/mol. The van der Waals surface area contributed by atoms with E-state index in [4.69, 9.17) is 4.74 Å². The minimum Gasteiger partial charge on any atom is -0.497 e. The number of methoxy groups -OCH3 is 1. The van der Waals surface area contributed by atoms with Crippen molar-refractivity contribution in [2.24, 2.45) is 0 Å². The zero-order chi connectivity index (χ0) is 18.9. The molecular weight excluding hydrogens is 332 g/mol. The van der Waals surface area contributed by atoms with Crippen molar-refractivity contribution in [1.29, 1.82) is 0 Å². The van der Waals surface area contributed by atoms with Gasteiger partial charge in [-0.1, -0.05) is 24.3 Å². The molecular formula is C20H24N2O4. The van der Waals surface area contributed by atoms with Crippen LogP contribution in [0.1, 0.15) is 24.0 Å². The normalized spacial score (nSPS) is 10.4. The van der Waals surface area contributed by atoms with Gasteiger partial charge in [-0.3, -0.25) is 14.9 Å². The molecule has 6 nitrogen and oxygen atoms in total. The number of aryl methyl sites for hydroxylation is 1. The van der Waals surface area contributed by atoms with Gasteiger partial charge in [0.1, 0.15) is 5.75 Å². The summed E-state index contributed by atoms with van der Waals surface area (Å²) in [6.07, 6.45) is 2.73. The highest BCUT2D eigenvalue weighted by molar-refractivity contribution is 5.75. The Morgan fingerprint density at radius 3 is 2.19 bits per heavy atom. The molecule has 138 valence electrons. The first-order valence-corrected chi connectivity index (χ1v) is 8.60. The van der Waals surface area contributed by atoms with Gasteiger partial charge < -0.3 is 9.64 Å². The lowest BCUT2D eigenvalue weighted by molar-refractivity contribution is -0.384. The summed E-state index contributed by atoms with van der Waals surface area (Å²) in [6, 6.07) is 14.3. The van der Waals surface area contributed by atoms with Crippen LogP contribution >= 0.6 is 0 Å². The van der Waals surface area contributed by atoms with Crippen molar-refractivity contribution in [2.75, 3.05) is 20.7 Å². The van der Waals surface area contributed by atoms with Gasteiger partial charge >= 0.3 is 0 Å². The third-order valence-electron chi connectivity index (χ3n) is 4.32. The number of benzene rings is 2. The summed E-state index contributed by atoms with van der Waals surface area (Å²) in [5.41, 5.74) is 2.25. The van der Waals surface area contributed by atoms with Crippen LogP contribution in [0.2, 0.25) is 0 Å². The van der Waals surface area contributed by atoms with Crippen molar-refractivity contribution in [3.63, 3.8) is 0 Å². The van der Waals surface area contributed by atoms with Crippen molar-refractivity contribution in [1.82, 2.24) is 4.90 Å². The van der Waals surface area contributed by atoms with Crippen LogP contribution in [0.3, 0.4) is 0 Å². The molecule has 2 aromatic carbocycles. The van der Waals surface area contributed by atoms with Crippen LogP contribution < -0.4 is 4.74 Å². The number of amides is 1. The van der Waals surface area contributed by atoms with E-state index in [1.54, 1.807) is 24.1 Å². The van der Waals surface area contributed by atoms with Crippen molar-refractivity contribution in [3.8, 4) is 5.75 Å². The lowest BCUT2D eigenvalue weighted by Crippen LogP contribution is -2.28. The maximum absolute atomic E-state index is 12.2. The molecule has 0 fully saturated rings. The van der Waals surface area contributed by atoms with Crippen LogP contribution in [0, 0.1) is 10.1 Å². The molecule has 0 atom stereocenters. The summed E-state index contributed by atoms with van der Waals surface area (Å²) in [5, 5.41) is 10.6. The molecule has 0 aromatic heterocycles. The first kappa shape index (κ1) is 19.4. The van der Waals surface area contributed by atoms with Gasteiger partial charge in [-0.15, -0.1) is 0 Å². The molecule has 2 aromatic rings. The van der Waals surface area contributed by atoms with Crippen molar-refractivity contribution in [3.05, 3.63) is 69.8 Å². The van der Waals surface area contributed by atoms with Gasteiger partial charge in [0.2, 0.25) is 5.91 Å². The van der Waals surface area contributed by atoms with E-state index in [0.29, 0.717) is 13.0 Å².